The third-order valence-corrected chi connectivity index (χ3v) is 7.07. The second-order valence-electron chi connectivity index (χ2n) is 8.11. The zero-order valence-corrected chi connectivity index (χ0v) is 20.6. The number of aryl methyl sites for hydroxylation is 1. The van der Waals surface area contributed by atoms with E-state index in [9.17, 15) is 9.59 Å². The number of urea groups is 1. The van der Waals surface area contributed by atoms with Crippen LogP contribution in [-0.4, -0.2) is 41.5 Å². The smallest absolute Gasteiger partial charge is 0.338 e. The van der Waals surface area contributed by atoms with E-state index in [1.807, 2.05) is 55.5 Å². The molecule has 7 nitrogen and oxygen atoms in total. The van der Waals surface area contributed by atoms with Crippen molar-refractivity contribution in [2.75, 3.05) is 30.0 Å². The van der Waals surface area contributed by atoms with E-state index in [2.05, 4.69) is 22.5 Å². The molecule has 0 unspecified atom stereocenters. The van der Waals surface area contributed by atoms with Crippen molar-refractivity contribution in [2.45, 2.75) is 39.2 Å². The van der Waals surface area contributed by atoms with Gasteiger partial charge in [0, 0.05) is 23.7 Å². The number of allylic oxidation sites excluding steroid dienone is 1. The van der Waals surface area contributed by atoms with Crippen LogP contribution >= 0.6 is 11.8 Å². The van der Waals surface area contributed by atoms with Crippen LogP contribution in [0.15, 0.2) is 64.8 Å². The number of aliphatic imine (C=N–C) groups is 1. The van der Waals surface area contributed by atoms with Gasteiger partial charge in [0.05, 0.1) is 24.4 Å². The molecule has 2 aromatic rings. The van der Waals surface area contributed by atoms with E-state index in [0.717, 1.165) is 52.8 Å². The fraction of sp³-hybridized carbons (Fsp3) is 0.346. The Hall–Kier alpha value is -3.26. The van der Waals surface area contributed by atoms with Crippen LogP contribution < -0.4 is 10.6 Å². The Labute approximate surface area is 204 Å². The first-order valence-electron chi connectivity index (χ1n) is 11.6. The number of amidine groups is 1. The molecule has 1 saturated heterocycles. The number of nitrogens with one attached hydrogen (secondary N) is 2. The lowest BCUT2D eigenvalue weighted by atomic mass is 9.93. The Morgan fingerprint density at radius 2 is 1.94 bits per heavy atom. The predicted molar refractivity (Wildman–Crippen MR) is 138 cm³/mol. The topological polar surface area (TPSA) is 83.0 Å². The minimum Gasteiger partial charge on any atom is -0.466 e. The van der Waals surface area contributed by atoms with Gasteiger partial charge in [0.1, 0.15) is 0 Å². The van der Waals surface area contributed by atoms with Crippen molar-refractivity contribution in [1.29, 1.82) is 0 Å². The van der Waals surface area contributed by atoms with Crippen LogP contribution in [0.2, 0.25) is 0 Å². The third kappa shape index (κ3) is 4.97. The third-order valence-electron chi connectivity index (χ3n) is 5.99. The van der Waals surface area contributed by atoms with E-state index in [1.54, 1.807) is 11.8 Å². The van der Waals surface area contributed by atoms with E-state index in [1.165, 1.54) is 7.11 Å². The van der Waals surface area contributed by atoms with Crippen LogP contribution in [0.25, 0.3) is 0 Å². The van der Waals surface area contributed by atoms with E-state index < -0.39 is 0 Å². The number of nitrogens with zero attached hydrogens (tertiary/aromatic N) is 2. The van der Waals surface area contributed by atoms with E-state index >= 15 is 0 Å². The van der Waals surface area contributed by atoms with Gasteiger partial charge in [-0.25, -0.2) is 14.6 Å². The van der Waals surface area contributed by atoms with Gasteiger partial charge in [0.25, 0.3) is 0 Å². The zero-order valence-electron chi connectivity index (χ0n) is 19.8. The van der Waals surface area contributed by atoms with E-state index in [4.69, 9.17) is 9.73 Å². The number of hydrogen-bond acceptors (Lipinski definition) is 6. The summed E-state index contributed by atoms with van der Waals surface area (Å²) in [4.78, 5) is 32.6. The monoisotopic (exact) mass is 478 g/mol. The maximum atomic E-state index is 12.9. The Bertz CT molecular complexity index is 1140. The summed E-state index contributed by atoms with van der Waals surface area (Å²) < 4.78 is 5.16. The van der Waals surface area contributed by atoms with Gasteiger partial charge in [-0.2, -0.15) is 0 Å². The maximum absolute atomic E-state index is 12.9. The number of fused-ring (bicyclic) bond motifs is 1. The number of esters is 1. The quantitative estimate of drug-likeness (QED) is 0.530. The van der Waals surface area contributed by atoms with E-state index in [-0.39, 0.29) is 18.0 Å². The molecule has 2 heterocycles. The molecule has 2 aliphatic rings. The number of benzene rings is 2. The number of thioether (sulfide) groups is 1. The molecule has 178 valence electrons. The summed E-state index contributed by atoms with van der Waals surface area (Å²) in [5, 5.41) is 6.82. The minimum atomic E-state index is -0.368. The summed E-state index contributed by atoms with van der Waals surface area (Å²) in [6, 6.07) is 14.8. The molecule has 1 atom stereocenters. The van der Waals surface area contributed by atoms with Crippen LogP contribution in [0.3, 0.4) is 0 Å². The van der Waals surface area contributed by atoms with Crippen molar-refractivity contribution < 1.29 is 14.3 Å². The fourth-order valence-electron chi connectivity index (χ4n) is 4.38. The van der Waals surface area contributed by atoms with Crippen LogP contribution in [0.1, 0.15) is 43.9 Å². The van der Waals surface area contributed by atoms with Crippen LogP contribution in [0.5, 0.6) is 0 Å². The van der Waals surface area contributed by atoms with Crippen molar-refractivity contribution in [3.05, 3.63) is 70.9 Å². The number of ether oxygens (including phenoxy) is 1. The number of carbonyl (C=O) groups excluding carboxylic acids is 2. The van der Waals surface area contributed by atoms with Gasteiger partial charge >= 0.3 is 12.0 Å². The Kier molecular flexibility index (Phi) is 7.57. The second kappa shape index (κ2) is 10.8. The lowest BCUT2D eigenvalue weighted by molar-refractivity contribution is -0.136. The zero-order chi connectivity index (χ0) is 24.1. The first-order chi connectivity index (χ1) is 16.5. The minimum absolute atomic E-state index is 0.310. The van der Waals surface area contributed by atoms with Crippen molar-refractivity contribution in [3.8, 4) is 0 Å². The highest BCUT2D eigenvalue weighted by Crippen LogP contribution is 2.41. The standard InChI is InChI=1S/C26H30N4O3S/c1-4-17-10-6-7-13-21(17)28-25(32)27-19-12-8-11-18(16-19)23-22(24(31)33-3)20(5-2)29-26-30(23)14-9-15-34-26/h6-8,10-13,16,23H,4-5,9,14-15H2,1-3H3,(H2,27,28,32)/t23-/m1/s1. The van der Waals surface area contributed by atoms with Gasteiger partial charge in [0.15, 0.2) is 5.17 Å². The lowest BCUT2D eigenvalue weighted by Crippen LogP contribution is -2.42. The van der Waals surface area contributed by atoms with Gasteiger partial charge in [0.2, 0.25) is 0 Å². The summed E-state index contributed by atoms with van der Waals surface area (Å²) in [6.07, 6.45) is 2.47. The fourth-order valence-corrected chi connectivity index (χ4v) is 5.37. The normalized spacial score (nSPS) is 17.6. The summed E-state index contributed by atoms with van der Waals surface area (Å²) in [5.41, 5.74) is 4.75. The summed E-state index contributed by atoms with van der Waals surface area (Å²) in [5.74, 6) is 0.639. The van der Waals surface area contributed by atoms with Crippen LogP contribution in [0.4, 0.5) is 16.2 Å². The summed E-state index contributed by atoms with van der Waals surface area (Å²) >= 11 is 1.72. The molecule has 0 bridgehead atoms. The molecule has 0 spiro atoms. The Balaban J connectivity index is 1.63. The highest BCUT2D eigenvalue weighted by Gasteiger charge is 2.38. The highest BCUT2D eigenvalue weighted by molar-refractivity contribution is 8.13. The van der Waals surface area contributed by atoms with Gasteiger partial charge < -0.3 is 20.3 Å². The number of anilines is 2. The average Bonchev–Trinajstić information content (AvgIpc) is 2.87. The molecule has 0 radical (unpaired) electrons. The largest absolute Gasteiger partial charge is 0.466 e. The molecule has 2 amide bonds. The predicted octanol–water partition coefficient (Wildman–Crippen LogP) is 5.58. The molecule has 0 aliphatic carbocycles. The second-order valence-corrected chi connectivity index (χ2v) is 9.18. The molecule has 8 heteroatoms. The molecule has 2 aromatic carbocycles. The van der Waals surface area contributed by atoms with Crippen molar-refractivity contribution in [1.82, 2.24) is 4.90 Å². The average molecular weight is 479 g/mol. The van der Waals surface area contributed by atoms with Crippen molar-refractivity contribution in [3.63, 3.8) is 0 Å². The van der Waals surface area contributed by atoms with Gasteiger partial charge in [-0.3, -0.25) is 0 Å². The number of para-hydroxylation sites is 1. The van der Waals surface area contributed by atoms with Gasteiger partial charge in [-0.15, -0.1) is 0 Å². The van der Waals surface area contributed by atoms with Gasteiger partial charge in [-0.1, -0.05) is 55.9 Å². The molecular formula is C26H30N4O3S. The Morgan fingerprint density at radius 1 is 1.12 bits per heavy atom. The number of amides is 2. The number of hydrogen-bond donors (Lipinski definition) is 2. The molecule has 0 saturated carbocycles. The van der Waals surface area contributed by atoms with Crippen molar-refractivity contribution >= 4 is 40.3 Å². The number of methoxy groups -OCH3 is 1. The highest BCUT2D eigenvalue weighted by atomic mass is 32.2. The number of carbonyl (C=O) groups is 2. The van der Waals surface area contributed by atoms with Crippen LogP contribution in [0, 0.1) is 0 Å². The molecular weight excluding hydrogens is 448 g/mol. The summed E-state index contributed by atoms with van der Waals surface area (Å²) in [7, 11) is 1.40. The Morgan fingerprint density at radius 3 is 2.71 bits per heavy atom. The molecule has 4 rings (SSSR count). The molecule has 34 heavy (non-hydrogen) atoms. The molecule has 2 aliphatic heterocycles. The molecule has 0 aromatic heterocycles. The first kappa shape index (κ1) is 23.9. The van der Waals surface area contributed by atoms with Gasteiger partial charge in [-0.05, 0) is 48.6 Å². The van der Waals surface area contributed by atoms with Crippen molar-refractivity contribution in [2.24, 2.45) is 4.99 Å². The summed E-state index contributed by atoms with van der Waals surface area (Å²) in [6.45, 7) is 4.86. The molecule has 2 N–H and O–H groups in total. The maximum Gasteiger partial charge on any atom is 0.338 e. The van der Waals surface area contributed by atoms with E-state index in [0.29, 0.717) is 17.7 Å². The SMILES string of the molecule is CCC1=C(C(=O)OC)[C@@H](c2cccc(NC(=O)Nc3ccccc3CC)c2)N2CCCSC2=N1. The van der Waals surface area contributed by atoms with Crippen LogP contribution in [-0.2, 0) is 16.0 Å². The lowest BCUT2D eigenvalue weighted by Gasteiger charge is -2.40. The molecule has 1 fully saturated rings. The first-order valence-corrected chi connectivity index (χ1v) is 12.6. The number of rotatable bonds is 6.